The fraction of sp³-hybridized carbons (Fsp3) is 0.903. The molecule has 8 atom stereocenters. The maximum atomic E-state index is 12.2. The van der Waals surface area contributed by atoms with Crippen molar-refractivity contribution in [3.8, 4) is 0 Å². The Labute approximate surface area is 213 Å². The second-order valence-electron chi connectivity index (χ2n) is 13.7. The number of allylic oxidation sites excluding steroid dienone is 1. The molecular formula is C31H50O4. The molecule has 1 spiro atoms. The van der Waals surface area contributed by atoms with Gasteiger partial charge in [-0.15, -0.1) is 0 Å². The lowest BCUT2D eigenvalue weighted by molar-refractivity contribution is -0.245. The van der Waals surface area contributed by atoms with E-state index in [1.165, 1.54) is 57.4 Å². The van der Waals surface area contributed by atoms with Crippen molar-refractivity contribution in [2.45, 2.75) is 118 Å². The first-order valence-electron chi connectivity index (χ1n) is 14.8. The topological polar surface area (TPSA) is 44.8 Å². The van der Waals surface area contributed by atoms with Crippen molar-refractivity contribution in [3.63, 3.8) is 0 Å². The van der Waals surface area contributed by atoms with Gasteiger partial charge >= 0.3 is 5.97 Å². The predicted molar refractivity (Wildman–Crippen MR) is 139 cm³/mol. The highest BCUT2D eigenvalue weighted by molar-refractivity contribution is 5.67. The number of rotatable bonds is 6. The van der Waals surface area contributed by atoms with E-state index in [0.29, 0.717) is 24.5 Å². The summed E-state index contributed by atoms with van der Waals surface area (Å²) in [6.45, 7) is 15.1. The van der Waals surface area contributed by atoms with Crippen LogP contribution in [0.1, 0.15) is 106 Å². The first-order valence-corrected chi connectivity index (χ1v) is 14.8. The van der Waals surface area contributed by atoms with Crippen LogP contribution in [0.15, 0.2) is 11.6 Å². The zero-order chi connectivity index (χ0) is 25.0. The van der Waals surface area contributed by atoms with Crippen molar-refractivity contribution in [1.82, 2.24) is 0 Å². The lowest BCUT2D eigenvalue weighted by Gasteiger charge is -2.60. The largest absolute Gasteiger partial charge is 0.452 e. The van der Waals surface area contributed by atoms with Gasteiger partial charge in [0.2, 0.25) is 5.79 Å². The molecule has 35 heavy (non-hydrogen) atoms. The van der Waals surface area contributed by atoms with Gasteiger partial charge in [0.1, 0.15) is 0 Å². The maximum absolute atomic E-state index is 12.2. The van der Waals surface area contributed by atoms with E-state index in [0.717, 1.165) is 48.9 Å². The molecule has 1 saturated heterocycles. The van der Waals surface area contributed by atoms with Crippen molar-refractivity contribution in [3.05, 3.63) is 11.6 Å². The van der Waals surface area contributed by atoms with Crippen LogP contribution >= 0.6 is 0 Å². The molecule has 0 amide bonds. The normalized spacial score (nSPS) is 42.8. The lowest BCUT2D eigenvalue weighted by Crippen LogP contribution is -2.59. The van der Waals surface area contributed by atoms with Crippen molar-refractivity contribution >= 4 is 5.97 Å². The molecule has 1 aliphatic heterocycles. The van der Waals surface area contributed by atoms with Crippen molar-refractivity contribution < 1.29 is 19.0 Å². The number of hydrogen-bond acceptors (Lipinski definition) is 4. The molecule has 0 unspecified atom stereocenters. The molecule has 4 fully saturated rings. The zero-order valence-corrected chi connectivity index (χ0v) is 23.2. The molecule has 5 aliphatic rings. The molecule has 5 rings (SSSR count). The average Bonchev–Trinajstić information content (AvgIpc) is 3.40. The number of ether oxygens (including phenoxy) is 3. The third-order valence-corrected chi connectivity index (χ3v) is 11.5. The van der Waals surface area contributed by atoms with Gasteiger partial charge in [-0.2, -0.15) is 0 Å². The van der Waals surface area contributed by atoms with Crippen molar-refractivity contribution in [2.24, 2.45) is 46.3 Å². The van der Waals surface area contributed by atoms with Gasteiger partial charge < -0.3 is 14.2 Å². The van der Waals surface area contributed by atoms with Gasteiger partial charge in [-0.1, -0.05) is 60.0 Å². The Morgan fingerprint density at radius 3 is 2.46 bits per heavy atom. The lowest BCUT2D eigenvalue weighted by atomic mass is 9.46. The highest BCUT2D eigenvalue weighted by atomic mass is 16.8. The first-order chi connectivity index (χ1) is 16.6. The van der Waals surface area contributed by atoms with Gasteiger partial charge in [0, 0.05) is 13.3 Å². The van der Waals surface area contributed by atoms with E-state index < -0.39 is 11.9 Å². The fourth-order valence-corrected chi connectivity index (χ4v) is 9.77. The molecule has 0 aromatic rings. The second-order valence-corrected chi connectivity index (χ2v) is 13.7. The Balaban J connectivity index is 1.38. The number of carbonyl (C=O) groups is 1. The summed E-state index contributed by atoms with van der Waals surface area (Å²) in [6.07, 6.45) is 14.7. The minimum atomic E-state index is -0.767. The predicted octanol–water partition coefficient (Wildman–Crippen LogP) is 7.31. The minimum Gasteiger partial charge on any atom is -0.452 e. The van der Waals surface area contributed by atoms with E-state index in [1.54, 1.807) is 0 Å². The highest BCUT2D eigenvalue weighted by Crippen LogP contribution is 2.68. The van der Waals surface area contributed by atoms with Crippen molar-refractivity contribution in [2.75, 3.05) is 13.2 Å². The monoisotopic (exact) mass is 486 g/mol. The van der Waals surface area contributed by atoms with Crippen LogP contribution in [0.2, 0.25) is 0 Å². The van der Waals surface area contributed by atoms with E-state index >= 15 is 0 Å². The summed E-state index contributed by atoms with van der Waals surface area (Å²) in [5.41, 5.74) is 1.86. The SMILES string of the molecule is CC(=O)O[C@H]1C2=CC[C@H]3[C@@H]4CC[C@H]([C@@H](C)CCCC(C)C)[C@@]4(C)CC[C@@H]3[C@@]2(C)CCC12OCCO2. The molecular weight excluding hydrogens is 436 g/mol. The summed E-state index contributed by atoms with van der Waals surface area (Å²) >= 11 is 0. The molecule has 0 aromatic heterocycles. The first kappa shape index (κ1) is 25.8. The van der Waals surface area contributed by atoms with E-state index in [4.69, 9.17) is 14.2 Å². The number of fused-ring (bicyclic) bond motifs is 5. The summed E-state index contributed by atoms with van der Waals surface area (Å²) in [5.74, 6) is 3.79. The van der Waals surface area contributed by atoms with Gasteiger partial charge in [-0.25, -0.2) is 0 Å². The number of carbonyl (C=O) groups excluding carboxylic acids is 1. The van der Waals surface area contributed by atoms with Crippen molar-refractivity contribution in [1.29, 1.82) is 0 Å². The van der Waals surface area contributed by atoms with Crippen LogP contribution in [0.3, 0.4) is 0 Å². The Hall–Kier alpha value is -0.870. The van der Waals surface area contributed by atoms with Crippen LogP contribution in [0.4, 0.5) is 0 Å². The van der Waals surface area contributed by atoms with Crippen LogP contribution in [-0.2, 0) is 19.0 Å². The zero-order valence-electron chi connectivity index (χ0n) is 23.2. The van der Waals surface area contributed by atoms with Gasteiger partial charge in [0.05, 0.1) is 13.2 Å². The number of esters is 1. The Kier molecular flexibility index (Phi) is 6.96. The molecule has 4 heteroatoms. The van der Waals surface area contributed by atoms with Gasteiger partial charge in [0.15, 0.2) is 6.10 Å². The van der Waals surface area contributed by atoms with E-state index in [1.807, 2.05) is 0 Å². The molecule has 0 bridgehead atoms. The summed E-state index contributed by atoms with van der Waals surface area (Å²) in [5, 5.41) is 0. The average molecular weight is 487 g/mol. The highest BCUT2D eigenvalue weighted by Gasteiger charge is 2.64. The summed E-state index contributed by atoms with van der Waals surface area (Å²) in [7, 11) is 0. The second kappa shape index (κ2) is 9.46. The molecule has 3 saturated carbocycles. The quantitative estimate of drug-likeness (QED) is 0.292. The van der Waals surface area contributed by atoms with E-state index in [-0.39, 0.29) is 11.4 Å². The van der Waals surface area contributed by atoms with Gasteiger partial charge in [-0.3, -0.25) is 4.79 Å². The summed E-state index contributed by atoms with van der Waals surface area (Å²) < 4.78 is 18.3. The molecule has 4 aliphatic carbocycles. The summed E-state index contributed by atoms with van der Waals surface area (Å²) in [4.78, 5) is 12.2. The van der Waals surface area contributed by atoms with Crippen LogP contribution < -0.4 is 0 Å². The fourth-order valence-electron chi connectivity index (χ4n) is 9.77. The van der Waals surface area contributed by atoms with Crippen LogP contribution in [-0.4, -0.2) is 31.1 Å². The molecule has 4 nitrogen and oxygen atoms in total. The third-order valence-electron chi connectivity index (χ3n) is 11.5. The smallest absolute Gasteiger partial charge is 0.303 e. The van der Waals surface area contributed by atoms with E-state index in [9.17, 15) is 4.79 Å². The number of hydrogen-bond donors (Lipinski definition) is 0. The standard InChI is InChI=1S/C31H50O4/c1-20(2)8-7-9-21(3)24-12-13-25-23-10-11-27-28(35-22(4)32)31(33-18-19-34-31)17-16-30(27,6)26(23)14-15-29(24,25)5/h11,20-21,23-26,28H,7-10,12-19H2,1-6H3/t21-,23-,24+,25-,26-,28-,29+,30+/m0/s1. The Morgan fingerprint density at radius 1 is 1.03 bits per heavy atom. The Bertz CT molecular complexity index is 826. The molecule has 1 heterocycles. The van der Waals surface area contributed by atoms with Gasteiger partial charge in [-0.05, 0) is 90.4 Å². The van der Waals surface area contributed by atoms with Crippen LogP contribution in [0.5, 0.6) is 0 Å². The molecule has 0 radical (unpaired) electrons. The maximum Gasteiger partial charge on any atom is 0.303 e. The summed E-state index contributed by atoms with van der Waals surface area (Å²) in [6, 6.07) is 0. The molecule has 198 valence electrons. The van der Waals surface area contributed by atoms with Gasteiger partial charge in [0.25, 0.3) is 0 Å². The Morgan fingerprint density at radius 2 is 1.77 bits per heavy atom. The minimum absolute atomic E-state index is 0.0753. The van der Waals surface area contributed by atoms with Crippen LogP contribution in [0, 0.1) is 46.3 Å². The third kappa shape index (κ3) is 4.23. The van der Waals surface area contributed by atoms with Crippen LogP contribution in [0.25, 0.3) is 0 Å². The molecule has 0 aromatic carbocycles. The van der Waals surface area contributed by atoms with E-state index in [2.05, 4.69) is 40.7 Å². The molecule has 0 N–H and O–H groups in total.